The number of anilines is 1. The van der Waals surface area contributed by atoms with Gasteiger partial charge in [0.05, 0.1) is 35.7 Å². The highest BCUT2D eigenvalue weighted by Crippen LogP contribution is 2.26. The van der Waals surface area contributed by atoms with Gasteiger partial charge in [-0.05, 0) is 42.3 Å². The van der Waals surface area contributed by atoms with Gasteiger partial charge in [0.2, 0.25) is 0 Å². The lowest BCUT2D eigenvalue weighted by Crippen LogP contribution is -2.11. The number of halogens is 1. The number of carbonyl (C=O) groups excluding carboxylic acids is 1. The molecule has 0 aliphatic heterocycles. The minimum absolute atomic E-state index is 0.0953. The third kappa shape index (κ3) is 3.49. The zero-order valence-electron chi connectivity index (χ0n) is 16.2. The maximum atomic E-state index is 12.2. The van der Waals surface area contributed by atoms with E-state index >= 15 is 0 Å². The molecule has 0 atom stereocenters. The number of ether oxygens (including phenoxy) is 1. The van der Waals surface area contributed by atoms with Crippen LogP contribution in [-0.2, 0) is 17.7 Å². The molecule has 4 aromatic rings. The summed E-state index contributed by atoms with van der Waals surface area (Å²) in [4.78, 5) is 16.7. The van der Waals surface area contributed by atoms with E-state index in [-0.39, 0.29) is 16.9 Å². The molecule has 2 N–H and O–H groups in total. The van der Waals surface area contributed by atoms with Crippen molar-refractivity contribution in [2.75, 3.05) is 12.8 Å². The third-order valence-electron chi connectivity index (χ3n) is 4.98. The molecule has 0 aliphatic carbocycles. The number of imidazole rings is 1. The number of aryl methyl sites for hydroxylation is 2. The fourth-order valence-corrected chi connectivity index (χ4v) is 3.53. The molecule has 2 heterocycles. The number of methoxy groups -OCH3 is 1. The normalized spacial score (nSPS) is 10.8. The van der Waals surface area contributed by atoms with Gasteiger partial charge in [-0.2, -0.15) is 5.26 Å². The highest BCUT2D eigenvalue weighted by Gasteiger charge is 2.22. The zero-order valence-corrected chi connectivity index (χ0v) is 16.9. The summed E-state index contributed by atoms with van der Waals surface area (Å²) in [5.74, 6) is -0.609. The first-order valence-electron chi connectivity index (χ1n) is 9.20. The van der Waals surface area contributed by atoms with Crippen LogP contribution in [0.3, 0.4) is 0 Å². The van der Waals surface area contributed by atoms with Gasteiger partial charge in [0.1, 0.15) is 6.07 Å². The molecule has 7 nitrogen and oxygen atoms in total. The smallest absolute Gasteiger partial charge is 0.357 e. The molecule has 0 aliphatic rings. The number of nitrogens with two attached hydrogens (primary N) is 1. The van der Waals surface area contributed by atoms with Crippen LogP contribution in [0.25, 0.3) is 16.7 Å². The van der Waals surface area contributed by atoms with E-state index in [1.807, 2.05) is 48.5 Å². The number of fused-ring (bicyclic) bond motifs is 1. The summed E-state index contributed by atoms with van der Waals surface area (Å²) in [7, 11) is 1.27. The second kappa shape index (κ2) is 7.93. The summed E-state index contributed by atoms with van der Waals surface area (Å²) in [6.45, 7) is 0.764. The molecule has 0 spiro atoms. The molecule has 0 radical (unpaired) electrons. The summed E-state index contributed by atoms with van der Waals surface area (Å²) >= 11 is 5.94. The van der Waals surface area contributed by atoms with Gasteiger partial charge >= 0.3 is 5.97 Å². The van der Waals surface area contributed by atoms with Crippen molar-refractivity contribution in [2.45, 2.75) is 13.0 Å². The Balaban J connectivity index is 1.67. The molecule has 8 heteroatoms. The number of hydrogen-bond acceptors (Lipinski definition) is 5. The summed E-state index contributed by atoms with van der Waals surface area (Å²) in [5, 5.41) is 10.0. The van der Waals surface area contributed by atoms with Crippen LogP contribution in [0, 0.1) is 11.3 Å². The van der Waals surface area contributed by atoms with E-state index in [1.165, 1.54) is 18.9 Å². The molecule has 150 valence electrons. The Hall–Kier alpha value is -3.76. The van der Waals surface area contributed by atoms with Crippen LogP contribution in [-0.4, -0.2) is 27.2 Å². The van der Waals surface area contributed by atoms with Crippen LogP contribution in [0.15, 0.2) is 55.0 Å². The molecule has 0 unspecified atom stereocenters. The van der Waals surface area contributed by atoms with Crippen molar-refractivity contribution in [3.8, 4) is 11.8 Å². The Kier molecular flexibility index (Phi) is 5.17. The maximum Gasteiger partial charge on any atom is 0.357 e. The van der Waals surface area contributed by atoms with Crippen LogP contribution < -0.4 is 5.73 Å². The fraction of sp³-hybridized carbons (Fsp3) is 0.136. The fourth-order valence-electron chi connectivity index (χ4n) is 3.40. The zero-order chi connectivity index (χ0) is 21.3. The number of nitrogen functional groups attached to an aromatic ring is 1. The number of hydrogen-bond donors (Lipinski definition) is 1. The first-order valence-corrected chi connectivity index (χ1v) is 9.58. The number of benzene rings is 2. The highest BCUT2D eigenvalue weighted by atomic mass is 35.5. The number of nitrogens with zero attached hydrogens (tertiary/aromatic N) is 4. The lowest BCUT2D eigenvalue weighted by molar-refractivity contribution is 0.0593. The van der Waals surface area contributed by atoms with Crippen molar-refractivity contribution in [1.82, 2.24) is 14.1 Å². The number of esters is 1. The van der Waals surface area contributed by atoms with Crippen molar-refractivity contribution < 1.29 is 9.53 Å². The molecule has 0 fully saturated rings. The number of aromatic nitrogens is 3. The minimum Gasteiger partial charge on any atom is -0.464 e. The molecular formula is C22H18ClN5O2. The molecule has 0 saturated heterocycles. The van der Waals surface area contributed by atoms with E-state index in [9.17, 15) is 10.1 Å². The largest absolute Gasteiger partial charge is 0.464 e. The van der Waals surface area contributed by atoms with Gasteiger partial charge in [0.15, 0.2) is 5.69 Å². The first-order chi connectivity index (χ1) is 14.5. The Morgan fingerprint density at radius 2 is 2.03 bits per heavy atom. The second-order valence-corrected chi connectivity index (χ2v) is 7.20. The molecule has 0 amide bonds. The third-order valence-corrected chi connectivity index (χ3v) is 5.23. The SMILES string of the molecule is COC(=O)c1c(N)c(C#N)cn1-c1ccc2c(c1)ncn2CCc1ccc(Cl)cc1. The monoisotopic (exact) mass is 419 g/mol. The van der Waals surface area contributed by atoms with E-state index in [0.717, 1.165) is 29.0 Å². The van der Waals surface area contributed by atoms with E-state index in [0.29, 0.717) is 5.69 Å². The summed E-state index contributed by atoms with van der Waals surface area (Å²) in [6, 6.07) is 15.4. The summed E-state index contributed by atoms with van der Waals surface area (Å²) < 4.78 is 8.46. The van der Waals surface area contributed by atoms with E-state index in [1.54, 1.807) is 10.9 Å². The number of nitriles is 1. The average molecular weight is 420 g/mol. The van der Waals surface area contributed by atoms with Gasteiger partial charge in [-0.15, -0.1) is 0 Å². The van der Waals surface area contributed by atoms with Gasteiger partial charge in [-0.3, -0.25) is 0 Å². The van der Waals surface area contributed by atoms with Crippen LogP contribution in [0.2, 0.25) is 5.02 Å². The number of carbonyl (C=O) groups is 1. The Morgan fingerprint density at radius 3 is 2.73 bits per heavy atom. The van der Waals surface area contributed by atoms with Crippen molar-refractivity contribution in [2.24, 2.45) is 0 Å². The van der Waals surface area contributed by atoms with Gasteiger partial charge in [0, 0.05) is 23.5 Å². The van der Waals surface area contributed by atoms with Gasteiger partial charge in [-0.25, -0.2) is 9.78 Å². The molecule has 0 saturated carbocycles. The summed E-state index contributed by atoms with van der Waals surface area (Å²) in [6.07, 6.45) is 4.16. The quantitative estimate of drug-likeness (QED) is 0.493. The molecule has 2 aromatic carbocycles. The van der Waals surface area contributed by atoms with E-state index in [4.69, 9.17) is 22.1 Å². The van der Waals surface area contributed by atoms with Crippen LogP contribution in [0.1, 0.15) is 21.6 Å². The molecule has 2 aromatic heterocycles. The molecule has 30 heavy (non-hydrogen) atoms. The minimum atomic E-state index is -0.609. The first kappa shape index (κ1) is 19.6. The topological polar surface area (TPSA) is 98.9 Å². The maximum absolute atomic E-state index is 12.2. The van der Waals surface area contributed by atoms with Crippen molar-refractivity contribution in [1.29, 1.82) is 5.26 Å². The Morgan fingerprint density at radius 1 is 1.27 bits per heavy atom. The lowest BCUT2D eigenvalue weighted by atomic mass is 10.1. The average Bonchev–Trinajstić information content (AvgIpc) is 3.32. The predicted octanol–water partition coefficient (Wildman–Crippen LogP) is 3.96. The van der Waals surface area contributed by atoms with Crippen LogP contribution >= 0.6 is 11.6 Å². The second-order valence-electron chi connectivity index (χ2n) is 6.77. The van der Waals surface area contributed by atoms with Gasteiger partial charge in [-0.1, -0.05) is 23.7 Å². The van der Waals surface area contributed by atoms with Crippen LogP contribution in [0.5, 0.6) is 0 Å². The standard InChI is InChI=1S/C22H18ClN5O2/c1-30-22(29)21-20(25)15(11-24)12-28(21)17-6-7-19-18(10-17)26-13-27(19)9-8-14-2-4-16(23)5-3-14/h2-7,10,12-13H,8-9,25H2,1H3. The van der Waals surface area contributed by atoms with Crippen molar-refractivity contribution in [3.63, 3.8) is 0 Å². The van der Waals surface area contributed by atoms with Crippen molar-refractivity contribution >= 4 is 34.3 Å². The van der Waals surface area contributed by atoms with E-state index in [2.05, 4.69) is 9.55 Å². The number of rotatable bonds is 5. The Labute approximate surface area is 177 Å². The van der Waals surface area contributed by atoms with Gasteiger partial charge in [0.25, 0.3) is 0 Å². The molecule has 4 rings (SSSR count). The Bertz CT molecular complexity index is 1280. The van der Waals surface area contributed by atoms with E-state index < -0.39 is 5.97 Å². The highest BCUT2D eigenvalue weighted by molar-refractivity contribution is 6.30. The molecule has 0 bridgehead atoms. The molecular weight excluding hydrogens is 402 g/mol. The lowest BCUT2D eigenvalue weighted by Gasteiger charge is -2.09. The van der Waals surface area contributed by atoms with Crippen molar-refractivity contribution in [3.05, 3.63) is 76.8 Å². The van der Waals surface area contributed by atoms with Crippen LogP contribution in [0.4, 0.5) is 5.69 Å². The summed E-state index contributed by atoms with van der Waals surface area (Å²) in [5.41, 5.74) is 9.99. The predicted molar refractivity (Wildman–Crippen MR) is 115 cm³/mol. The van der Waals surface area contributed by atoms with Gasteiger partial charge < -0.3 is 19.6 Å².